The summed E-state index contributed by atoms with van der Waals surface area (Å²) >= 11 is 3.40. The summed E-state index contributed by atoms with van der Waals surface area (Å²) in [5, 5.41) is 9.85. The first kappa shape index (κ1) is 17.8. The van der Waals surface area contributed by atoms with Crippen LogP contribution in [0.1, 0.15) is 39.2 Å². The van der Waals surface area contributed by atoms with Gasteiger partial charge in [-0.25, -0.2) is 9.59 Å². The molecule has 0 aromatic heterocycles. The number of carbonyl (C=O) groups is 2. The van der Waals surface area contributed by atoms with E-state index >= 15 is 0 Å². The van der Waals surface area contributed by atoms with E-state index in [0.29, 0.717) is 19.4 Å². The Morgan fingerprint density at radius 2 is 2.09 bits per heavy atom. The molecule has 2 rings (SSSR count). The van der Waals surface area contributed by atoms with Gasteiger partial charge in [0, 0.05) is 17.4 Å². The smallest absolute Gasteiger partial charge is 0.411 e. The second-order valence-corrected chi connectivity index (χ2v) is 7.79. The lowest BCUT2D eigenvalue weighted by Crippen LogP contribution is -2.55. The third kappa shape index (κ3) is 4.05. The van der Waals surface area contributed by atoms with E-state index in [0.717, 1.165) is 10.0 Å². The summed E-state index contributed by atoms with van der Waals surface area (Å²) < 4.78 is 6.29. The molecule has 0 radical (unpaired) electrons. The monoisotopic (exact) mass is 383 g/mol. The van der Waals surface area contributed by atoms with Crippen molar-refractivity contribution in [3.63, 3.8) is 0 Å². The molecule has 1 aliphatic rings. The van der Waals surface area contributed by atoms with Gasteiger partial charge in [0.05, 0.1) is 0 Å². The standard InChI is InChI=1S/C17H22BrNO4/c1-16(2,3)23-15(22)19-9-5-8-17(19,14(20)21)11-12-6-4-7-13(18)10-12/h4,6-7,10H,5,8-9,11H2,1-3H3,(H,20,21)/t17-/m0/s1. The lowest BCUT2D eigenvalue weighted by atomic mass is 9.88. The highest BCUT2D eigenvalue weighted by molar-refractivity contribution is 9.10. The van der Waals surface area contributed by atoms with E-state index in [1.165, 1.54) is 4.90 Å². The van der Waals surface area contributed by atoms with E-state index in [9.17, 15) is 14.7 Å². The highest BCUT2D eigenvalue weighted by atomic mass is 79.9. The summed E-state index contributed by atoms with van der Waals surface area (Å²) in [6.45, 7) is 5.72. The molecule has 0 aliphatic carbocycles. The number of hydrogen-bond acceptors (Lipinski definition) is 3. The second kappa shape index (κ2) is 6.51. The van der Waals surface area contributed by atoms with Crippen LogP contribution < -0.4 is 0 Å². The maximum absolute atomic E-state index is 12.5. The Labute approximate surface area is 144 Å². The van der Waals surface area contributed by atoms with Gasteiger partial charge in [-0.15, -0.1) is 0 Å². The Hall–Kier alpha value is -1.56. The number of carboxylic acid groups (broad SMARTS) is 1. The highest BCUT2D eigenvalue weighted by Gasteiger charge is 2.51. The van der Waals surface area contributed by atoms with Crippen LogP contribution in [-0.2, 0) is 16.0 Å². The Bertz CT molecular complexity index is 611. The van der Waals surface area contributed by atoms with Gasteiger partial charge < -0.3 is 9.84 Å². The van der Waals surface area contributed by atoms with Crippen molar-refractivity contribution in [3.8, 4) is 0 Å². The van der Waals surface area contributed by atoms with Crippen molar-refractivity contribution in [1.29, 1.82) is 0 Å². The second-order valence-electron chi connectivity index (χ2n) is 6.88. The van der Waals surface area contributed by atoms with Crippen LogP contribution in [0.2, 0.25) is 0 Å². The van der Waals surface area contributed by atoms with Crippen molar-refractivity contribution >= 4 is 28.0 Å². The van der Waals surface area contributed by atoms with Crippen molar-refractivity contribution < 1.29 is 19.4 Å². The molecule has 1 aliphatic heterocycles. The molecular weight excluding hydrogens is 362 g/mol. The number of carboxylic acids is 1. The van der Waals surface area contributed by atoms with Gasteiger partial charge in [-0.3, -0.25) is 4.90 Å². The third-order valence-corrected chi connectivity index (χ3v) is 4.38. The average Bonchev–Trinajstić information content (AvgIpc) is 2.82. The number of hydrogen-bond donors (Lipinski definition) is 1. The van der Waals surface area contributed by atoms with Crippen molar-refractivity contribution in [1.82, 2.24) is 4.90 Å². The fourth-order valence-electron chi connectivity index (χ4n) is 2.93. The maximum Gasteiger partial charge on any atom is 0.411 e. The molecule has 6 heteroatoms. The molecule has 0 bridgehead atoms. The number of carbonyl (C=O) groups excluding carboxylic acids is 1. The van der Waals surface area contributed by atoms with Crippen LogP contribution in [-0.4, -0.2) is 39.8 Å². The predicted octanol–water partition coefficient (Wildman–Crippen LogP) is 3.85. The molecule has 1 fully saturated rings. The number of rotatable bonds is 3. The fraction of sp³-hybridized carbons (Fsp3) is 0.529. The normalized spacial score (nSPS) is 21.3. The Morgan fingerprint density at radius 1 is 1.39 bits per heavy atom. The van der Waals surface area contributed by atoms with Gasteiger partial charge in [-0.05, 0) is 51.3 Å². The van der Waals surface area contributed by atoms with Gasteiger partial charge >= 0.3 is 12.1 Å². The molecule has 5 nitrogen and oxygen atoms in total. The van der Waals surface area contributed by atoms with Crippen LogP contribution in [0.15, 0.2) is 28.7 Å². The quantitative estimate of drug-likeness (QED) is 0.860. The largest absolute Gasteiger partial charge is 0.479 e. The topological polar surface area (TPSA) is 66.8 Å². The van der Waals surface area contributed by atoms with Crippen LogP contribution in [0.4, 0.5) is 4.79 Å². The van der Waals surface area contributed by atoms with Crippen LogP contribution in [0.3, 0.4) is 0 Å². The van der Waals surface area contributed by atoms with Gasteiger partial charge in [0.25, 0.3) is 0 Å². The number of ether oxygens (including phenoxy) is 1. The lowest BCUT2D eigenvalue weighted by Gasteiger charge is -2.36. The van der Waals surface area contributed by atoms with Crippen LogP contribution in [0.25, 0.3) is 0 Å². The molecule has 1 aromatic carbocycles. The first-order valence-electron chi connectivity index (χ1n) is 7.62. The van der Waals surface area contributed by atoms with Gasteiger partial charge in [0.15, 0.2) is 0 Å². The Kier molecular flexibility index (Phi) is 5.04. The van der Waals surface area contributed by atoms with E-state index in [-0.39, 0.29) is 6.42 Å². The third-order valence-electron chi connectivity index (χ3n) is 3.89. The molecule has 1 saturated heterocycles. The Balaban J connectivity index is 2.31. The number of halogens is 1. The van der Waals surface area contributed by atoms with Crippen LogP contribution in [0.5, 0.6) is 0 Å². The molecule has 0 unspecified atom stereocenters. The molecular formula is C17H22BrNO4. The van der Waals surface area contributed by atoms with E-state index < -0.39 is 23.2 Å². The van der Waals surface area contributed by atoms with Crippen molar-refractivity contribution in [2.24, 2.45) is 0 Å². The summed E-state index contributed by atoms with van der Waals surface area (Å²) in [6.07, 6.45) is 0.779. The summed E-state index contributed by atoms with van der Waals surface area (Å²) in [7, 11) is 0. The van der Waals surface area contributed by atoms with Crippen molar-refractivity contribution in [2.75, 3.05) is 6.54 Å². The first-order valence-corrected chi connectivity index (χ1v) is 8.42. The zero-order chi connectivity index (χ0) is 17.3. The van der Waals surface area contributed by atoms with Gasteiger partial charge in [0.2, 0.25) is 0 Å². The molecule has 1 heterocycles. The van der Waals surface area contributed by atoms with Gasteiger partial charge in [0.1, 0.15) is 11.1 Å². The van der Waals surface area contributed by atoms with E-state index in [4.69, 9.17) is 4.74 Å². The average molecular weight is 384 g/mol. The van der Waals surface area contributed by atoms with E-state index in [1.807, 2.05) is 24.3 Å². The molecule has 1 atom stereocenters. The number of benzene rings is 1. The SMILES string of the molecule is CC(C)(C)OC(=O)N1CCC[C@]1(Cc1cccc(Br)c1)C(=O)O. The van der Waals surface area contributed by atoms with Gasteiger partial charge in [-0.2, -0.15) is 0 Å². The number of likely N-dealkylation sites (tertiary alicyclic amines) is 1. The zero-order valence-corrected chi connectivity index (χ0v) is 15.2. The molecule has 126 valence electrons. The van der Waals surface area contributed by atoms with Crippen LogP contribution in [0, 0.1) is 0 Å². The molecule has 0 saturated carbocycles. The summed E-state index contributed by atoms with van der Waals surface area (Å²) in [6, 6.07) is 7.51. The molecule has 0 spiro atoms. The maximum atomic E-state index is 12.5. The highest BCUT2D eigenvalue weighted by Crippen LogP contribution is 2.35. The molecule has 1 N–H and O–H groups in total. The fourth-order valence-corrected chi connectivity index (χ4v) is 3.37. The van der Waals surface area contributed by atoms with Gasteiger partial charge in [-0.1, -0.05) is 28.1 Å². The number of amides is 1. The summed E-state index contributed by atoms with van der Waals surface area (Å²) in [5.41, 5.74) is -1.03. The number of aliphatic carboxylic acids is 1. The van der Waals surface area contributed by atoms with E-state index in [1.54, 1.807) is 20.8 Å². The van der Waals surface area contributed by atoms with Crippen molar-refractivity contribution in [2.45, 2.75) is 51.2 Å². The molecule has 1 amide bonds. The first-order chi connectivity index (χ1) is 10.6. The minimum atomic E-state index is -1.25. The molecule has 23 heavy (non-hydrogen) atoms. The minimum Gasteiger partial charge on any atom is -0.479 e. The van der Waals surface area contributed by atoms with Crippen LogP contribution >= 0.6 is 15.9 Å². The molecule has 1 aromatic rings. The van der Waals surface area contributed by atoms with Crippen molar-refractivity contribution in [3.05, 3.63) is 34.3 Å². The van der Waals surface area contributed by atoms with E-state index in [2.05, 4.69) is 15.9 Å². The summed E-state index contributed by atoms with van der Waals surface area (Å²) in [4.78, 5) is 25.9. The predicted molar refractivity (Wildman–Crippen MR) is 90.4 cm³/mol. The zero-order valence-electron chi connectivity index (χ0n) is 13.6. The Morgan fingerprint density at radius 3 is 2.65 bits per heavy atom. The lowest BCUT2D eigenvalue weighted by molar-refractivity contribution is -0.149. The summed E-state index contributed by atoms with van der Waals surface area (Å²) in [5.74, 6) is -0.985. The minimum absolute atomic E-state index is 0.265. The number of nitrogens with zero attached hydrogens (tertiary/aromatic N) is 1.